The van der Waals surface area contributed by atoms with Crippen molar-refractivity contribution in [2.45, 2.75) is 58.3 Å². The van der Waals surface area contributed by atoms with Crippen molar-refractivity contribution in [1.29, 1.82) is 0 Å². The van der Waals surface area contributed by atoms with Crippen LogP contribution in [0.15, 0.2) is 28.2 Å². The van der Waals surface area contributed by atoms with Crippen LogP contribution in [0.1, 0.15) is 53.4 Å². The molecule has 2 rings (SSSR count). The Balaban J connectivity index is 2.32. The van der Waals surface area contributed by atoms with Crippen molar-refractivity contribution in [2.75, 3.05) is 18.5 Å². The topological polar surface area (TPSA) is 105 Å². The lowest BCUT2D eigenvalue weighted by Crippen LogP contribution is -2.27. The van der Waals surface area contributed by atoms with Crippen LogP contribution in [0.5, 0.6) is 0 Å². The summed E-state index contributed by atoms with van der Waals surface area (Å²) in [7, 11) is -3.71. The second-order valence-corrected chi connectivity index (χ2v) is 9.97. The van der Waals surface area contributed by atoms with Crippen LogP contribution in [-0.2, 0) is 10.0 Å². The summed E-state index contributed by atoms with van der Waals surface area (Å²) >= 11 is 0. The molecular weight excluding hydrogens is 380 g/mol. The van der Waals surface area contributed by atoms with E-state index in [-0.39, 0.29) is 16.3 Å². The minimum atomic E-state index is -3.71. The number of anilines is 1. The van der Waals surface area contributed by atoms with Crippen LogP contribution >= 0.6 is 0 Å². The summed E-state index contributed by atoms with van der Waals surface area (Å²) < 4.78 is 26.7. The molecule has 0 spiro atoms. The first-order valence-electron chi connectivity index (χ1n) is 9.71. The summed E-state index contributed by atoms with van der Waals surface area (Å²) in [5, 5.41) is 15.9. The van der Waals surface area contributed by atoms with Gasteiger partial charge in [0, 0.05) is 24.9 Å². The second kappa shape index (κ2) is 9.47. The van der Waals surface area contributed by atoms with Crippen molar-refractivity contribution in [3.05, 3.63) is 28.3 Å². The van der Waals surface area contributed by atoms with Crippen LogP contribution in [0.25, 0.3) is 0 Å². The van der Waals surface area contributed by atoms with Gasteiger partial charge in [0.1, 0.15) is 5.69 Å². The van der Waals surface area contributed by atoms with Gasteiger partial charge in [-0.15, -0.1) is 0 Å². The van der Waals surface area contributed by atoms with E-state index in [0.717, 1.165) is 37.5 Å². The van der Waals surface area contributed by atoms with Gasteiger partial charge in [-0.25, -0.2) is 8.42 Å². The number of nitro benzene ring substituents is 1. The predicted octanol–water partition coefficient (Wildman–Crippen LogP) is 4.24. The number of hydrogen-bond acceptors (Lipinski definition) is 6. The highest BCUT2D eigenvalue weighted by Crippen LogP contribution is 2.30. The molecule has 0 radical (unpaired) electrons. The van der Waals surface area contributed by atoms with Gasteiger partial charge >= 0.3 is 0 Å². The highest BCUT2D eigenvalue weighted by atomic mass is 32.2. The Kier molecular flexibility index (Phi) is 7.54. The van der Waals surface area contributed by atoms with Gasteiger partial charge in [0.05, 0.1) is 9.82 Å². The molecule has 1 aromatic carbocycles. The minimum Gasteiger partial charge on any atom is -0.272 e. The molecule has 1 saturated heterocycles. The number of nitrogens with zero attached hydrogens (tertiary/aromatic N) is 3. The fourth-order valence-electron chi connectivity index (χ4n) is 3.25. The average molecular weight is 411 g/mol. The molecule has 9 heteroatoms. The molecule has 0 aliphatic carbocycles. The zero-order valence-corrected chi connectivity index (χ0v) is 17.8. The summed E-state index contributed by atoms with van der Waals surface area (Å²) in [6.07, 6.45) is 3.20. The Morgan fingerprint density at radius 2 is 1.75 bits per heavy atom. The third kappa shape index (κ3) is 5.75. The summed E-state index contributed by atoms with van der Waals surface area (Å²) in [5.74, 6) is 0.838. The molecule has 0 bridgehead atoms. The summed E-state index contributed by atoms with van der Waals surface area (Å²) in [5.41, 5.74) is 3.63. The second-order valence-electron chi connectivity index (χ2n) is 8.03. The number of hydrazone groups is 1. The Morgan fingerprint density at radius 3 is 2.25 bits per heavy atom. The van der Waals surface area contributed by atoms with Crippen LogP contribution in [0.4, 0.5) is 11.4 Å². The fraction of sp³-hybridized carbons (Fsp3) is 0.632. The largest absolute Gasteiger partial charge is 0.295 e. The van der Waals surface area contributed by atoms with Crippen molar-refractivity contribution in [3.63, 3.8) is 0 Å². The SMILES string of the molecule is CC(C)CC(CC(C)C)=NNc1ccc(S(=O)(=O)N2CCCC2)cc1[N+](=O)[O-]. The van der Waals surface area contributed by atoms with E-state index in [1.54, 1.807) is 0 Å². The first kappa shape index (κ1) is 22.3. The molecule has 1 aromatic rings. The molecule has 156 valence electrons. The maximum absolute atomic E-state index is 12.7. The van der Waals surface area contributed by atoms with Crippen LogP contribution in [-0.4, -0.2) is 36.4 Å². The van der Waals surface area contributed by atoms with Gasteiger partial charge in [0.25, 0.3) is 5.69 Å². The number of rotatable bonds is 9. The van der Waals surface area contributed by atoms with Gasteiger partial charge in [-0.05, 0) is 49.7 Å². The molecule has 28 heavy (non-hydrogen) atoms. The zero-order chi connectivity index (χ0) is 20.9. The van der Waals surface area contributed by atoms with Gasteiger partial charge in [0.2, 0.25) is 10.0 Å². The van der Waals surface area contributed by atoms with Crippen molar-refractivity contribution in [1.82, 2.24) is 4.31 Å². The molecule has 1 heterocycles. The smallest absolute Gasteiger partial charge is 0.272 e. The summed E-state index contributed by atoms with van der Waals surface area (Å²) in [6, 6.07) is 3.95. The Morgan fingerprint density at radius 1 is 1.18 bits per heavy atom. The average Bonchev–Trinajstić information content (AvgIpc) is 3.13. The molecule has 0 amide bonds. The van der Waals surface area contributed by atoms with E-state index in [9.17, 15) is 18.5 Å². The molecule has 1 fully saturated rings. The van der Waals surface area contributed by atoms with E-state index in [1.807, 2.05) is 0 Å². The zero-order valence-electron chi connectivity index (χ0n) is 17.0. The Labute approximate surface area is 167 Å². The van der Waals surface area contributed by atoms with Crippen LogP contribution < -0.4 is 5.43 Å². The lowest BCUT2D eigenvalue weighted by Gasteiger charge is -2.16. The van der Waals surface area contributed by atoms with Crippen LogP contribution in [0.2, 0.25) is 0 Å². The quantitative estimate of drug-likeness (QED) is 0.372. The van der Waals surface area contributed by atoms with Crippen molar-refractivity contribution in [3.8, 4) is 0 Å². The molecule has 0 unspecified atom stereocenters. The first-order valence-corrected chi connectivity index (χ1v) is 11.1. The molecule has 0 atom stereocenters. The first-order chi connectivity index (χ1) is 13.1. The van der Waals surface area contributed by atoms with E-state index < -0.39 is 14.9 Å². The fourth-order valence-corrected chi connectivity index (χ4v) is 4.79. The molecular formula is C19H30N4O4S. The third-order valence-corrected chi connectivity index (χ3v) is 6.39. The standard InChI is InChI=1S/C19H30N4O4S/c1-14(2)11-16(12-15(3)4)20-21-18-8-7-17(13-19(18)23(24)25)28(26,27)22-9-5-6-10-22/h7-8,13-15,21H,5-6,9-12H2,1-4H3. The Hall–Kier alpha value is -2.00. The molecule has 1 N–H and O–H groups in total. The van der Waals surface area contributed by atoms with Crippen molar-refractivity contribution < 1.29 is 13.3 Å². The highest BCUT2D eigenvalue weighted by molar-refractivity contribution is 7.89. The predicted molar refractivity (Wildman–Crippen MR) is 111 cm³/mol. The normalized spacial score (nSPS) is 15.2. The number of nitro groups is 1. The summed E-state index contributed by atoms with van der Waals surface area (Å²) in [6.45, 7) is 9.28. The van der Waals surface area contributed by atoms with E-state index in [2.05, 4.69) is 38.2 Å². The molecule has 1 aliphatic heterocycles. The van der Waals surface area contributed by atoms with E-state index in [4.69, 9.17) is 0 Å². The maximum Gasteiger partial charge on any atom is 0.295 e. The van der Waals surface area contributed by atoms with E-state index in [1.165, 1.54) is 16.4 Å². The Bertz CT molecular complexity index is 816. The lowest BCUT2D eigenvalue weighted by molar-refractivity contribution is -0.384. The lowest BCUT2D eigenvalue weighted by atomic mass is 9.99. The van der Waals surface area contributed by atoms with E-state index in [0.29, 0.717) is 24.9 Å². The van der Waals surface area contributed by atoms with Crippen LogP contribution in [0.3, 0.4) is 0 Å². The highest BCUT2D eigenvalue weighted by Gasteiger charge is 2.29. The molecule has 8 nitrogen and oxygen atoms in total. The number of nitrogens with one attached hydrogen (secondary N) is 1. The van der Waals surface area contributed by atoms with Gasteiger partial charge in [-0.3, -0.25) is 15.5 Å². The molecule has 0 saturated carbocycles. The number of benzene rings is 1. The maximum atomic E-state index is 12.7. The third-order valence-electron chi connectivity index (χ3n) is 4.49. The van der Waals surface area contributed by atoms with Gasteiger partial charge in [0.15, 0.2) is 0 Å². The van der Waals surface area contributed by atoms with Gasteiger partial charge < -0.3 is 0 Å². The van der Waals surface area contributed by atoms with Crippen molar-refractivity contribution in [2.24, 2.45) is 16.9 Å². The van der Waals surface area contributed by atoms with Crippen LogP contribution in [0, 0.1) is 22.0 Å². The summed E-state index contributed by atoms with van der Waals surface area (Å²) in [4.78, 5) is 10.9. The number of sulfonamides is 1. The van der Waals surface area contributed by atoms with Gasteiger partial charge in [-0.1, -0.05) is 27.7 Å². The molecule has 1 aliphatic rings. The number of hydrogen-bond donors (Lipinski definition) is 1. The van der Waals surface area contributed by atoms with Crippen molar-refractivity contribution >= 4 is 27.1 Å². The minimum absolute atomic E-state index is 0.0554. The van der Waals surface area contributed by atoms with Gasteiger partial charge in [-0.2, -0.15) is 9.41 Å². The molecule has 0 aromatic heterocycles. The monoisotopic (exact) mass is 410 g/mol. The van der Waals surface area contributed by atoms with E-state index >= 15 is 0 Å².